The van der Waals surface area contributed by atoms with Gasteiger partial charge in [-0.15, -0.1) is 24.0 Å². The standard InChI is InChI=1S/C19H29BrN4OS.HI/c1-21-19(23-15-8-9-16(12-15)26-3)22-11-10-18(25)24(2)13-14-6-4-5-7-17(14)20;/h4-7,15-16H,8-13H2,1-3H3,(H2,21,22,23);1H. The van der Waals surface area contributed by atoms with Crippen LogP contribution in [0.3, 0.4) is 0 Å². The van der Waals surface area contributed by atoms with Gasteiger partial charge in [0, 0.05) is 49.4 Å². The summed E-state index contributed by atoms with van der Waals surface area (Å²) in [6.45, 7) is 1.18. The third kappa shape index (κ3) is 8.19. The number of rotatable bonds is 7. The van der Waals surface area contributed by atoms with E-state index in [4.69, 9.17) is 0 Å². The molecule has 5 nitrogen and oxygen atoms in total. The second-order valence-corrected chi connectivity index (χ2v) is 8.59. The lowest BCUT2D eigenvalue weighted by Gasteiger charge is -2.20. The fourth-order valence-electron chi connectivity index (χ4n) is 3.12. The van der Waals surface area contributed by atoms with Crippen LogP contribution in [-0.4, -0.2) is 55.0 Å². The zero-order valence-corrected chi connectivity index (χ0v) is 20.9. The Balaban J connectivity index is 0.00000364. The van der Waals surface area contributed by atoms with Crippen molar-refractivity contribution < 1.29 is 4.79 Å². The van der Waals surface area contributed by atoms with E-state index >= 15 is 0 Å². The average molecular weight is 569 g/mol. The Morgan fingerprint density at radius 1 is 1.37 bits per heavy atom. The highest BCUT2D eigenvalue weighted by molar-refractivity contribution is 14.0. The maximum absolute atomic E-state index is 12.4. The molecular formula is C19H30BrIN4OS. The van der Waals surface area contributed by atoms with E-state index in [1.807, 2.05) is 43.1 Å². The number of hydrogen-bond donors (Lipinski definition) is 2. The van der Waals surface area contributed by atoms with Gasteiger partial charge in [0.2, 0.25) is 5.91 Å². The van der Waals surface area contributed by atoms with E-state index in [1.165, 1.54) is 19.3 Å². The predicted octanol–water partition coefficient (Wildman–Crippen LogP) is 3.86. The number of thioether (sulfide) groups is 1. The van der Waals surface area contributed by atoms with Gasteiger partial charge >= 0.3 is 0 Å². The van der Waals surface area contributed by atoms with Gasteiger partial charge in [-0.25, -0.2) is 0 Å². The first-order chi connectivity index (χ1) is 12.5. The Hall–Kier alpha value is -0.480. The monoisotopic (exact) mass is 568 g/mol. The minimum Gasteiger partial charge on any atom is -0.356 e. The van der Waals surface area contributed by atoms with Crippen LogP contribution in [0.1, 0.15) is 31.2 Å². The van der Waals surface area contributed by atoms with Gasteiger partial charge in [-0.2, -0.15) is 11.8 Å². The SMILES string of the molecule is CN=C(NCCC(=O)N(C)Cc1ccccc1Br)NC1CCC(SC)C1.I. The Kier molecular flexibility index (Phi) is 11.7. The smallest absolute Gasteiger partial charge is 0.224 e. The number of aliphatic imine (C=N–C) groups is 1. The summed E-state index contributed by atoms with van der Waals surface area (Å²) in [5.41, 5.74) is 1.11. The van der Waals surface area contributed by atoms with Crippen LogP contribution in [0, 0.1) is 0 Å². The molecule has 1 saturated carbocycles. The van der Waals surface area contributed by atoms with Crippen LogP contribution in [0.2, 0.25) is 0 Å². The molecule has 1 aliphatic rings. The molecule has 0 bridgehead atoms. The van der Waals surface area contributed by atoms with Gasteiger partial charge in [-0.1, -0.05) is 34.1 Å². The maximum atomic E-state index is 12.4. The molecule has 2 rings (SSSR count). The number of benzene rings is 1. The molecule has 1 fully saturated rings. The third-order valence-electron chi connectivity index (χ3n) is 4.70. The van der Waals surface area contributed by atoms with Crippen molar-refractivity contribution in [3.05, 3.63) is 34.3 Å². The molecule has 2 N–H and O–H groups in total. The van der Waals surface area contributed by atoms with E-state index in [0.717, 1.165) is 21.2 Å². The van der Waals surface area contributed by atoms with Gasteiger partial charge < -0.3 is 15.5 Å². The van der Waals surface area contributed by atoms with Crippen LogP contribution in [0.4, 0.5) is 0 Å². The largest absolute Gasteiger partial charge is 0.356 e. The second kappa shape index (κ2) is 12.9. The number of nitrogens with one attached hydrogen (secondary N) is 2. The number of guanidine groups is 1. The summed E-state index contributed by atoms with van der Waals surface area (Å²) in [4.78, 5) is 18.4. The van der Waals surface area contributed by atoms with E-state index in [2.05, 4.69) is 37.8 Å². The first-order valence-electron chi connectivity index (χ1n) is 9.00. The van der Waals surface area contributed by atoms with Crippen LogP contribution in [-0.2, 0) is 11.3 Å². The molecule has 1 aromatic rings. The fraction of sp³-hybridized carbons (Fsp3) is 0.579. The highest BCUT2D eigenvalue weighted by atomic mass is 127. The number of hydrogen-bond acceptors (Lipinski definition) is 3. The highest BCUT2D eigenvalue weighted by Crippen LogP contribution is 2.28. The predicted molar refractivity (Wildman–Crippen MR) is 130 cm³/mol. The van der Waals surface area contributed by atoms with E-state index in [-0.39, 0.29) is 29.9 Å². The molecule has 1 amide bonds. The Morgan fingerprint density at radius 2 is 2.11 bits per heavy atom. The number of amides is 1. The van der Waals surface area contributed by atoms with Crippen molar-refractivity contribution in [2.75, 3.05) is 26.9 Å². The van der Waals surface area contributed by atoms with Crippen molar-refractivity contribution in [3.63, 3.8) is 0 Å². The maximum Gasteiger partial charge on any atom is 0.224 e. The molecule has 8 heteroatoms. The zero-order chi connectivity index (χ0) is 18.9. The van der Waals surface area contributed by atoms with Gasteiger partial charge in [0.25, 0.3) is 0 Å². The fourth-order valence-corrected chi connectivity index (χ4v) is 4.33. The molecule has 27 heavy (non-hydrogen) atoms. The van der Waals surface area contributed by atoms with Crippen LogP contribution >= 0.6 is 51.7 Å². The van der Waals surface area contributed by atoms with E-state index in [9.17, 15) is 4.79 Å². The minimum atomic E-state index is 0. The highest BCUT2D eigenvalue weighted by Gasteiger charge is 2.24. The summed E-state index contributed by atoms with van der Waals surface area (Å²) in [6.07, 6.45) is 6.24. The lowest BCUT2D eigenvalue weighted by molar-refractivity contribution is -0.130. The van der Waals surface area contributed by atoms with Crippen LogP contribution < -0.4 is 10.6 Å². The average Bonchev–Trinajstić information content (AvgIpc) is 3.10. The number of carbonyl (C=O) groups is 1. The Bertz CT molecular complexity index is 631. The topological polar surface area (TPSA) is 56.7 Å². The van der Waals surface area contributed by atoms with Crippen molar-refractivity contribution >= 4 is 63.5 Å². The van der Waals surface area contributed by atoms with Crippen molar-refractivity contribution in [2.24, 2.45) is 4.99 Å². The van der Waals surface area contributed by atoms with Gasteiger partial charge in [0.1, 0.15) is 0 Å². The Morgan fingerprint density at radius 3 is 2.74 bits per heavy atom. The first kappa shape index (κ1) is 24.6. The van der Waals surface area contributed by atoms with E-state index < -0.39 is 0 Å². The molecule has 1 aromatic carbocycles. The van der Waals surface area contributed by atoms with Crippen molar-refractivity contribution in [3.8, 4) is 0 Å². The van der Waals surface area contributed by atoms with E-state index in [1.54, 1.807) is 11.9 Å². The molecule has 0 spiro atoms. The lowest BCUT2D eigenvalue weighted by Crippen LogP contribution is -2.43. The number of carbonyl (C=O) groups excluding carboxylic acids is 1. The molecular weight excluding hydrogens is 539 g/mol. The van der Waals surface area contributed by atoms with Crippen molar-refractivity contribution in [1.29, 1.82) is 0 Å². The van der Waals surface area contributed by atoms with Gasteiger partial charge in [0.15, 0.2) is 5.96 Å². The van der Waals surface area contributed by atoms with Crippen LogP contribution in [0.5, 0.6) is 0 Å². The molecule has 152 valence electrons. The molecule has 2 atom stereocenters. The van der Waals surface area contributed by atoms with E-state index in [0.29, 0.717) is 25.6 Å². The molecule has 2 unspecified atom stereocenters. The summed E-state index contributed by atoms with van der Waals surface area (Å²) < 4.78 is 1.03. The quantitative estimate of drug-likeness (QED) is 0.298. The molecule has 1 aliphatic carbocycles. The normalized spacial score (nSPS) is 19.3. The summed E-state index contributed by atoms with van der Waals surface area (Å²) in [7, 11) is 3.62. The molecule has 0 heterocycles. The zero-order valence-electron chi connectivity index (χ0n) is 16.2. The van der Waals surface area contributed by atoms with Gasteiger partial charge in [-0.3, -0.25) is 9.79 Å². The van der Waals surface area contributed by atoms with Crippen molar-refractivity contribution in [2.45, 2.75) is 43.5 Å². The summed E-state index contributed by atoms with van der Waals surface area (Å²) >= 11 is 5.47. The van der Waals surface area contributed by atoms with Gasteiger partial charge in [-0.05, 0) is 37.1 Å². The number of halogens is 2. The molecule has 0 radical (unpaired) electrons. The first-order valence-corrected chi connectivity index (χ1v) is 11.1. The summed E-state index contributed by atoms with van der Waals surface area (Å²) in [5.74, 6) is 0.907. The summed E-state index contributed by atoms with van der Waals surface area (Å²) in [5, 5.41) is 7.49. The van der Waals surface area contributed by atoms with Crippen LogP contribution in [0.15, 0.2) is 33.7 Å². The third-order valence-corrected chi connectivity index (χ3v) is 6.57. The Labute approximate surface area is 192 Å². The van der Waals surface area contributed by atoms with Crippen LogP contribution in [0.25, 0.3) is 0 Å². The molecule has 0 saturated heterocycles. The minimum absolute atomic E-state index is 0. The lowest BCUT2D eigenvalue weighted by atomic mass is 10.2. The van der Waals surface area contributed by atoms with Gasteiger partial charge in [0.05, 0.1) is 0 Å². The number of nitrogens with zero attached hydrogens (tertiary/aromatic N) is 2. The van der Waals surface area contributed by atoms with Crippen molar-refractivity contribution in [1.82, 2.24) is 15.5 Å². The molecule has 0 aromatic heterocycles. The molecule has 0 aliphatic heterocycles. The second-order valence-electron chi connectivity index (χ2n) is 6.60. The summed E-state index contributed by atoms with van der Waals surface area (Å²) in [6, 6.07) is 8.47.